The van der Waals surface area contributed by atoms with Crippen molar-refractivity contribution in [1.29, 1.82) is 0 Å². The number of nitrogens with zero attached hydrogens (tertiary/aromatic N) is 2. The lowest BCUT2D eigenvalue weighted by molar-refractivity contribution is 0.274. The van der Waals surface area contributed by atoms with Gasteiger partial charge in [-0.2, -0.15) is 9.97 Å². The molecule has 5 nitrogen and oxygen atoms in total. The summed E-state index contributed by atoms with van der Waals surface area (Å²) in [6, 6.07) is 1.88. The van der Waals surface area contributed by atoms with Gasteiger partial charge in [-0.1, -0.05) is 27.7 Å². The molecule has 0 aromatic carbocycles. The molecule has 0 aliphatic rings. The SMILES string of the molecule is CCNc1cc(NCC(C)C(C)(C)C)nc(N)n1. The van der Waals surface area contributed by atoms with Crippen molar-refractivity contribution in [3.8, 4) is 0 Å². The number of nitrogens with two attached hydrogens (primary N) is 1. The molecule has 0 aliphatic heterocycles. The van der Waals surface area contributed by atoms with Gasteiger partial charge in [-0.3, -0.25) is 0 Å². The van der Waals surface area contributed by atoms with E-state index in [0.29, 0.717) is 11.9 Å². The third kappa shape index (κ3) is 4.39. The highest BCUT2D eigenvalue weighted by Gasteiger charge is 2.19. The van der Waals surface area contributed by atoms with Crippen molar-refractivity contribution >= 4 is 17.6 Å². The van der Waals surface area contributed by atoms with Crippen LogP contribution in [0, 0.1) is 11.3 Å². The first kappa shape index (κ1) is 14.5. The van der Waals surface area contributed by atoms with Gasteiger partial charge < -0.3 is 16.4 Å². The zero-order valence-corrected chi connectivity index (χ0v) is 12.0. The zero-order chi connectivity index (χ0) is 13.8. The van der Waals surface area contributed by atoms with E-state index in [1.807, 2.05) is 13.0 Å². The third-order valence-electron chi connectivity index (χ3n) is 3.17. The quantitative estimate of drug-likeness (QED) is 0.750. The predicted octanol–water partition coefficient (Wildman–Crippen LogP) is 2.58. The molecule has 0 amide bonds. The molecule has 18 heavy (non-hydrogen) atoms. The molecule has 1 heterocycles. The summed E-state index contributed by atoms with van der Waals surface area (Å²) in [5.41, 5.74) is 5.95. The second-order valence-corrected chi connectivity index (χ2v) is 5.67. The van der Waals surface area contributed by atoms with Crippen molar-refractivity contribution in [3.05, 3.63) is 6.07 Å². The summed E-state index contributed by atoms with van der Waals surface area (Å²) in [4.78, 5) is 8.30. The van der Waals surface area contributed by atoms with Gasteiger partial charge in [-0.15, -0.1) is 0 Å². The number of hydrogen-bond donors (Lipinski definition) is 3. The normalized spacial score (nSPS) is 13.2. The van der Waals surface area contributed by atoms with Gasteiger partial charge in [0.15, 0.2) is 0 Å². The van der Waals surface area contributed by atoms with E-state index in [0.717, 1.165) is 24.7 Å². The first-order valence-electron chi connectivity index (χ1n) is 6.45. The minimum atomic E-state index is 0.274. The first-order valence-corrected chi connectivity index (χ1v) is 6.45. The van der Waals surface area contributed by atoms with Crippen molar-refractivity contribution in [2.24, 2.45) is 11.3 Å². The summed E-state index contributed by atoms with van der Waals surface area (Å²) < 4.78 is 0. The van der Waals surface area contributed by atoms with Crippen LogP contribution in [0.1, 0.15) is 34.6 Å². The van der Waals surface area contributed by atoms with Crippen molar-refractivity contribution in [2.75, 3.05) is 29.5 Å². The number of hydrogen-bond acceptors (Lipinski definition) is 5. The van der Waals surface area contributed by atoms with Crippen LogP contribution in [0.4, 0.5) is 17.6 Å². The van der Waals surface area contributed by atoms with Gasteiger partial charge in [0.2, 0.25) is 5.95 Å². The lowest BCUT2D eigenvalue weighted by atomic mass is 9.82. The summed E-state index contributed by atoms with van der Waals surface area (Å²) >= 11 is 0. The molecule has 1 atom stereocenters. The van der Waals surface area contributed by atoms with Gasteiger partial charge in [0.25, 0.3) is 0 Å². The fourth-order valence-electron chi connectivity index (χ4n) is 1.39. The Morgan fingerprint density at radius 1 is 1.22 bits per heavy atom. The fraction of sp³-hybridized carbons (Fsp3) is 0.692. The standard InChI is InChI=1S/C13H25N5/c1-6-15-10-7-11(18-12(14)17-10)16-8-9(2)13(3,4)5/h7,9H,6,8H2,1-5H3,(H4,14,15,16,17,18). The Labute approximate surface area is 110 Å². The molecule has 0 aliphatic carbocycles. The lowest BCUT2D eigenvalue weighted by Crippen LogP contribution is -2.25. The van der Waals surface area contributed by atoms with E-state index in [1.165, 1.54) is 0 Å². The number of rotatable bonds is 5. The molecule has 5 heteroatoms. The highest BCUT2D eigenvalue weighted by Crippen LogP contribution is 2.25. The van der Waals surface area contributed by atoms with Crippen LogP contribution in [0.25, 0.3) is 0 Å². The van der Waals surface area contributed by atoms with Crippen LogP contribution >= 0.6 is 0 Å². The molecule has 4 N–H and O–H groups in total. The topological polar surface area (TPSA) is 75.9 Å². The van der Waals surface area contributed by atoms with Crippen LogP contribution in [-0.2, 0) is 0 Å². The van der Waals surface area contributed by atoms with Gasteiger partial charge in [-0.25, -0.2) is 0 Å². The van der Waals surface area contributed by atoms with E-state index in [2.05, 4.69) is 48.3 Å². The molecule has 0 spiro atoms. The molecule has 1 aromatic heterocycles. The molecule has 102 valence electrons. The monoisotopic (exact) mass is 251 g/mol. The van der Waals surface area contributed by atoms with Crippen LogP contribution in [0.5, 0.6) is 0 Å². The van der Waals surface area contributed by atoms with Crippen molar-refractivity contribution in [3.63, 3.8) is 0 Å². The maximum Gasteiger partial charge on any atom is 0.223 e. The fourth-order valence-corrected chi connectivity index (χ4v) is 1.39. The minimum Gasteiger partial charge on any atom is -0.370 e. The van der Waals surface area contributed by atoms with Gasteiger partial charge in [0.05, 0.1) is 0 Å². The van der Waals surface area contributed by atoms with E-state index in [4.69, 9.17) is 5.73 Å². The van der Waals surface area contributed by atoms with Crippen molar-refractivity contribution < 1.29 is 0 Å². The molecule has 1 aromatic rings. The smallest absolute Gasteiger partial charge is 0.223 e. The summed E-state index contributed by atoms with van der Waals surface area (Å²) in [5, 5.41) is 6.45. The molecule has 0 bridgehead atoms. The molecule has 0 fully saturated rings. The summed E-state index contributed by atoms with van der Waals surface area (Å²) in [7, 11) is 0. The van der Waals surface area contributed by atoms with Gasteiger partial charge in [-0.05, 0) is 18.3 Å². The average molecular weight is 251 g/mol. The highest BCUT2D eigenvalue weighted by molar-refractivity contribution is 5.50. The average Bonchev–Trinajstić information content (AvgIpc) is 2.24. The Morgan fingerprint density at radius 3 is 2.28 bits per heavy atom. The van der Waals surface area contributed by atoms with E-state index in [9.17, 15) is 0 Å². The predicted molar refractivity (Wildman–Crippen MR) is 77.7 cm³/mol. The molecule has 1 unspecified atom stereocenters. The Bertz CT molecular complexity index is 383. The van der Waals surface area contributed by atoms with Crippen molar-refractivity contribution in [2.45, 2.75) is 34.6 Å². The van der Waals surface area contributed by atoms with Crippen LogP contribution in [0.3, 0.4) is 0 Å². The molecule has 0 saturated carbocycles. The second-order valence-electron chi connectivity index (χ2n) is 5.67. The number of nitrogens with one attached hydrogen (secondary N) is 2. The number of nitrogen functional groups attached to an aromatic ring is 1. The number of aromatic nitrogens is 2. The van der Waals surface area contributed by atoms with E-state index in [1.54, 1.807) is 0 Å². The van der Waals surface area contributed by atoms with Gasteiger partial charge in [0.1, 0.15) is 11.6 Å². The van der Waals surface area contributed by atoms with Crippen LogP contribution in [0.15, 0.2) is 6.07 Å². The summed E-state index contributed by atoms with van der Waals surface area (Å²) in [6.07, 6.45) is 0. The van der Waals surface area contributed by atoms with Gasteiger partial charge >= 0.3 is 0 Å². The van der Waals surface area contributed by atoms with Crippen molar-refractivity contribution in [1.82, 2.24) is 9.97 Å². The lowest BCUT2D eigenvalue weighted by Gasteiger charge is -2.27. The molecular formula is C13H25N5. The largest absolute Gasteiger partial charge is 0.370 e. The van der Waals surface area contributed by atoms with Crippen LogP contribution < -0.4 is 16.4 Å². The summed E-state index contributed by atoms with van der Waals surface area (Å²) in [5.74, 6) is 2.36. The molecule has 0 saturated heterocycles. The summed E-state index contributed by atoms with van der Waals surface area (Å²) in [6.45, 7) is 12.6. The maximum absolute atomic E-state index is 5.68. The maximum atomic E-state index is 5.68. The van der Waals surface area contributed by atoms with E-state index >= 15 is 0 Å². The Balaban J connectivity index is 2.67. The Hall–Kier alpha value is -1.52. The molecular weight excluding hydrogens is 226 g/mol. The van der Waals surface area contributed by atoms with E-state index < -0.39 is 0 Å². The zero-order valence-electron chi connectivity index (χ0n) is 12.0. The Kier molecular flexibility index (Phi) is 4.76. The molecule has 0 radical (unpaired) electrons. The first-order chi connectivity index (χ1) is 8.32. The molecule has 1 rings (SSSR count). The van der Waals surface area contributed by atoms with Crippen LogP contribution in [0.2, 0.25) is 0 Å². The van der Waals surface area contributed by atoms with Gasteiger partial charge in [0, 0.05) is 19.2 Å². The second kappa shape index (κ2) is 5.89. The van der Waals surface area contributed by atoms with Crippen LogP contribution in [-0.4, -0.2) is 23.1 Å². The number of anilines is 3. The minimum absolute atomic E-state index is 0.274. The highest BCUT2D eigenvalue weighted by atomic mass is 15.1. The Morgan fingerprint density at radius 2 is 1.78 bits per heavy atom. The third-order valence-corrected chi connectivity index (χ3v) is 3.17. The van der Waals surface area contributed by atoms with E-state index in [-0.39, 0.29) is 5.41 Å².